The molecule has 0 aliphatic rings. The molecule has 0 amide bonds. The van der Waals surface area contributed by atoms with Gasteiger partial charge in [-0.15, -0.1) is 0 Å². The van der Waals surface area contributed by atoms with Gasteiger partial charge in [0.15, 0.2) is 0 Å². The van der Waals surface area contributed by atoms with Gasteiger partial charge >= 0.3 is 0 Å². The van der Waals surface area contributed by atoms with Gasteiger partial charge in [0.25, 0.3) is 0 Å². The Hall–Kier alpha value is -2.10. The van der Waals surface area contributed by atoms with Crippen molar-refractivity contribution in [2.45, 2.75) is 33.6 Å². The average molecular weight is 270 g/mol. The molecule has 4 heteroatoms. The zero-order chi connectivity index (χ0) is 14.4. The molecule has 1 heterocycles. The van der Waals surface area contributed by atoms with Gasteiger partial charge in [0.2, 0.25) is 0 Å². The predicted molar refractivity (Wildman–Crippen MR) is 84.6 cm³/mol. The summed E-state index contributed by atoms with van der Waals surface area (Å²) in [6.07, 6.45) is 3.90. The topological polar surface area (TPSA) is 49.8 Å². The second kappa shape index (κ2) is 6.89. The van der Waals surface area contributed by atoms with Gasteiger partial charge in [0, 0.05) is 18.3 Å². The molecular weight excluding hydrogens is 248 g/mol. The molecule has 0 aliphatic heterocycles. The highest BCUT2D eigenvalue weighted by atomic mass is 15.1. The highest BCUT2D eigenvalue weighted by Gasteiger charge is 2.04. The summed E-state index contributed by atoms with van der Waals surface area (Å²) >= 11 is 0. The Morgan fingerprint density at radius 1 is 1.05 bits per heavy atom. The third-order valence-corrected chi connectivity index (χ3v) is 3.24. The third-order valence-electron chi connectivity index (χ3n) is 3.24. The zero-order valence-corrected chi connectivity index (χ0v) is 12.4. The Balaban J connectivity index is 2.11. The SMILES string of the molecule is CCCCNc1cc(Nc2c(C)cccc2C)ncn1. The number of rotatable bonds is 6. The van der Waals surface area contributed by atoms with Crippen LogP contribution in [0.3, 0.4) is 0 Å². The zero-order valence-electron chi connectivity index (χ0n) is 12.4. The van der Waals surface area contributed by atoms with Crippen molar-refractivity contribution in [3.8, 4) is 0 Å². The van der Waals surface area contributed by atoms with Gasteiger partial charge in [-0.05, 0) is 31.4 Å². The second-order valence-corrected chi connectivity index (χ2v) is 4.96. The summed E-state index contributed by atoms with van der Waals surface area (Å²) in [6, 6.07) is 8.20. The van der Waals surface area contributed by atoms with E-state index in [1.165, 1.54) is 17.5 Å². The number of aryl methyl sites for hydroxylation is 2. The van der Waals surface area contributed by atoms with Gasteiger partial charge in [-0.2, -0.15) is 0 Å². The average Bonchev–Trinajstić information content (AvgIpc) is 2.44. The van der Waals surface area contributed by atoms with Crippen LogP contribution >= 0.6 is 0 Å². The first-order valence-electron chi connectivity index (χ1n) is 7.10. The molecule has 0 atom stereocenters. The summed E-state index contributed by atoms with van der Waals surface area (Å²) in [5.74, 6) is 1.68. The van der Waals surface area contributed by atoms with E-state index in [1.807, 2.05) is 6.07 Å². The molecule has 0 saturated carbocycles. The number of benzene rings is 1. The molecule has 20 heavy (non-hydrogen) atoms. The minimum absolute atomic E-state index is 0.816. The molecule has 2 rings (SSSR count). The van der Waals surface area contributed by atoms with E-state index in [2.05, 4.69) is 59.6 Å². The molecule has 0 aliphatic carbocycles. The van der Waals surface area contributed by atoms with Gasteiger partial charge in [0.05, 0.1) is 0 Å². The number of para-hydroxylation sites is 1. The highest BCUT2D eigenvalue weighted by molar-refractivity contribution is 5.65. The first-order valence-corrected chi connectivity index (χ1v) is 7.10. The summed E-state index contributed by atoms with van der Waals surface area (Å²) in [6.45, 7) is 7.31. The summed E-state index contributed by atoms with van der Waals surface area (Å²) in [5, 5.41) is 6.69. The number of unbranched alkanes of at least 4 members (excludes halogenated alkanes) is 1. The van der Waals surface area contributed by atoms with Crippen LogP contribution in [-0.4, -0.2) is 16.5 Å². The van der Waals surface area contributed by atoms with Crippen molar-refractivity contribution in [2.24, 2.45) is 0 Å². The second-order valence-electron chi connectivity index (χ2n) is 4.96. The fourth-order valence-corrected chi connectivity index (χ4v) is 2.06. The Morgan fingerprint density at radius 3 is 2.45 bits per heavy atom. The monoisotopic (exact) mass is 270 g/mol. The van der Waals surface area contributed by atoms with E-state index in [9.17, 15) is 0 Å². The molecule has 106 valence electrons. The molecule has 2 N–H and O–H groups in total. The van der Waals surface area contributed by atoms with E-state index in [1.54, 1.807) is 6.33 Å². The molecule has 1 aromatic carbocycles. The van der Waals surface area contributed by atoms with Crippen LogP contribution < -0.4 is 10.6 Å². The van der Waals surface area contributed by atoms with Crippen LogP contribution in [0.1, 0.15) is 30.9 Å². The quantitative estimate of drug-likeness (QED) is 0.777. The van der Waals surface area contributed by atoms with Gasteiger partial charge in [-0.3, -0.25) is 0 Å². The smallest absolute Gasteiger partial charge is 0.135 e. The van der Waals surface area contributed by atoms with Crippen molar-refractivity contribution < 1.29 is 0 Å². The van der Waals surface area contributed by atoms with Crippen molar-refractivity contribution >= 4 is 17.3 Å². The lowest BCUT2D eigenvalue weighted by molar-refractivity contribution is 0.830. The molecule has 0 fully saturated rings. The molecule has 0 saturated heterocycles. The van der Waals surface area contributed by atoms with E-state index in [0.29, 0.717) is 0 Å². The largest absolute Gasteiger partial charge is 0.370 e. The predicted octanol–water partition coefficient (Wildman–Crippen LogP) is 4.05. The van der Waals surface area contributed by atoms with Crippen LogP contribution in [0.4, 0.5) is 17.3 Å². The van der Waals surface area contributed by atoms with Crippen molar-refractivity contribution in [3.63, 3.8) is 0 Å². The summed E-state index contributed by atoms with van der Waals surface area (Å²) in [5.41, 5.74) is 3.54. The van der Waals surface area contributed by atoms with Crippen molar-refractivity contribution in [1.82, 2.24) is 9.97 Å². The van der Waals surface area contributed by atoms with Crippen LogP contribution in [0, 0.1) is 13.8 Å². The Bertz CT molecular complexity index is 546. The van der Waals surface area contributed by atoms with Crippen LogP contribution in [-0.2, 0) is 0 Å². The van der Waals surface area contributed by atoms with Crippen LogP contribution in [0.25, 0.3) is 0 Å². The van der Waals surface area contributed by atoms with Crippen molar-refractivity contribution in [1.29, 1.82) is 0 Å². The van der Waals surface area contributed by atoms with E-state index >= 15 is 0 Å². The van der Waals surface area contributed by atoms with E-state index in [-0.39, 0.29) is 0 Å². The molecular formula is C16H22N4. The number of aromatic nitrogens is 2. The lowest BCUT2D eigenvalue weighted by atomic mass is 10.1. The lowest BCUT2D eigenvalue weighted by Crippen LogP contribution is -2.05. The fraction of sp³-hybridized carbons (Fsp3) is 0.375. The van der Waals surface area contributed by atoms with Gasteiger partial charge in [0.1, 0.15) is 18.0 Å². The van der Waals surface area contributed by atoms with Gasteiger partial charge < -0.3 is 10.6 Å². The number of hydrogen-bond donors (Lipinski definition) is 2. The van der Waals surface area contributed by atoms with Crippen molar-refractivity contribution in [3.05, 3.63) is 41.7 Å². The summed E-state index contributed by atoms with van der Waals surface area (Å²) in [4.78, 5) is 8.52. The molecule has 2 aromatic rings. The normalized spacial score (nSPS) is 10.3. The minimum Gasteiger partial charge on any atom is -0.370 e. The Morgan fingerprint density at radius 2 is 1.75 bits per heavy atom. The van der Waals surface area contributed by atoms with E-state index in [4.69, 9.17) is 0 Å². The molecule has 4 nitrogen and oxygen atoms in total. The van der Waals surface area contributed by atoms with Gasteiger partial charge in [-0.1, -0.05) is 31.5 Å². The summed E-state index contributed by atoms with van der Waals surface area (Å²) < 4.78 is 0. The standard InChI is InChI=1S/C16H22N4/c1-4-5-9-17-14-10-15(19-11-18-14)20-16-12(2)7-6-8-13(16)3/h6-8,10-11H,4-5,9H2,1-3H3,(H2,17,18,19,20). The number of nitrogens with one attached hydrogen (secondary N) is 2. The first kappa shape index (κ1) is 14.3. The van der Waals surface area contributed by atoms with Crippen LogP contribution in [0.5, 0.6) is 0 Å². The van der Waals surface area contributed by atoms with Crippen molar-refractivity contribution in [2.75, 3.05) is 17.2 Å². The fourth-order valence-electron chi connectivity index (χ4n) is 2.06. The van der Waals surface area contributed by atoms with E-state index in [0.717, 1.165) is 30.3 Å². The maximum atomic E-state index is 4.28. The molecule has 1 aromatic heterocycles. The Labute approximate surface area is 120 Å². The van der Waals surface area contributed by atoms with Gasteiger partial charge in [-0.25, -0.2) is 9.97 Å². The maximum absolute atomic E-state index is 4.28. The number of nitrogens with zero attached hydrogens (tertiary/aromatic N) is 2. The third kappa shape index (κ3) is 3.70. The Kier molecular flexibility index (Phi) is 4.93. The first-order chi connectivity index (χ1) is 9.70. The molecule has 0 radical (unpaired) electrons. The highest BCUT2D eigenvalue weighted by Crippen LogP contribution is 2.23. The lowest BCUT2D eigenvalue weighted by Gasteiger charge is -2.12. The number of hydrogen-bond acceptors (Lipinski definition) is 4. The van der Waals surface area contributed by atoms with Crippen LogP contribution in [0.15, 0.2) is 30.6 Å². The molecule has 0 bridgehead atoms. The maximum Gasteiger partial charge on any atom is 0.135 e. The molecule has 0 unspecified atom stereocenters. The van der Waals surface area contributed by atoms with Crippen LogP contribution in [0.2, 0.25) is 0 Å². The van der Waals surface area contributed by atoms with E-state index < -0.39 is 0 Å². The number of anilines is 3. The summed E-state index contributed by atoms with van der Waals surface area (Å²) in [7, 11) is 0. The molecule has 0 spiro atoms. The minimum atomic E-state index is 0.816.